The van der Waals surface area contributed by atoms with E-state index >= 15 is 0 Å². The van der Waals surface area contributed by atoms with E-state index in [9.17, 15) is 5.11 Å². The van der Waals surface area contributed by atoms with Gasteiger partial charge in [-0.05, 0) is 31.0 Å². The van der Waals surface area contributed by atoms with Crippen LogP contribution in [0.15, 0.2) is 59.7 Å². The third kappa shape index (κ3) is 6.21. The summed E-state index contributed by atoms with van der Waals surface area (Å²) >= 11 is 0. The summed E-state index contributed by atoms with van der Waals surface area (Å²) in [4.78, 5) is 8.82. The van der Waals surface area contributed by atoms with Crippen molar-refractivity contribution in [2.75, 3.05) is 17.3 Å². The van der Waals surface area contributed by atoms with Crippen molar-refractivity contribution in [3.05, 3.63) is 71.4 Å². The molecule has 0 amide bonds. The van der Waals surface area contributed by atoms with Crippen molar-refractivity contribution in [3.8, 4) is 11.5 Å². The Bertz CT molecular complexity index is 961. The maximum Gasteiger partial charge on any atom is 0.225 e. The van der Waals surface area contributed by atoms with Crippen LogP contribution in [-0.2, 0) is 6.54 Å². The predicted molar refractivity (Wildman–Crippen MR) is 116 cm³/mol. The number of nitrogens with zero attached hydrogens (tertiary/aromatic N) is 3. The fraction of sp³-hybridized carbons (Fsp3) is 0.227. The van der Waals surface area contributed by atoms with E-state index in [0.717, 1.165) is 17.7 Å². The van der Waals surface area contributed by atoms with Crippen molar-refractivity contribution in [1.29, 1.82) is 0 Å². The number of hydrogen-bond donors (Lipinski definition) is 3. The summed E-state index contributed by atoms with van der Waals surface area (Å²) in [6, 6.07) is 17.0. The molecule has 0 fully saturated rings. The van der Waals surface area contributed by atoms with Gasteiger partial charge in [-0.25, -0.2) is 4.98 Å². The van der Waals surface area contributed by atoms with E-state index in [2.05, 4.69) is 25.8 Å². The molecule has 0 unspecified atom stereocenters. The predicted octanol–water partition coefficient (Wildman–Crippen LogP) is 4.34. The molecule has 0 bridgehead atoms. The van der Waals surface area contributed by atoms with Crippen molar-refractivity contribution in [2.45, 2.75) is 26.8 Å². The molecule has 29 heavy (non-hydrogen) atoms. The molecule has 0 saturated heterocycles. The van der Waals surface area contributed by atoms with Gasteiger partial charge in [-0.3, -0.25) is 5.43 Å². The molecule has 0 aliphatic rings. The molecule has 0 aliphatic heterocycles. The van der Waals surface area contributed by atoms with Crippen LogP contribution in [0, 0.1) is 6.92 Å². The molecule has 150 valence electrons. The van der Waals surface area contributed by atoms with Crippen LogP contribution in [0.25, 0.3) is 0 Å². The molecule has 0 radical (unpaired) electrons. The van der Waals surface area contributed by atoms with Crippen molar-refractivity contribution >= 4 is 18.0 Å². The van der Waals surface area contributed by atoms with Gasteiger partial charge < -0.3 is 15.2 Å². The summed E-state index contributed by atoms with van der Waals surface area (Å²) in [5, 5.41) is 17.5. The summed E-state index contributed by atoms with van der Waals surface area (Å²) in [6.07, 6.45) is 2.45. The molecular weight excluding hydrogens is 366 g/mol. The van der Waals surface area contributed by atoms with Gasteiger partial charge in [0.1, 0.15) is 11.5 Å². The first-order valence-corrected chi connectivity index (χ1v) is 9.52. The third-order valence-corrected chi connectivity index (χ3v) is 4.01. The van der Waals surface area contributed by atoms with E-state index in [4.69, 9.17) is 4.74 Å². The molecule has 0 spiro atoms. The Morgan fingerprint density at radius 1 is 1.10 bits per heavy atom. The van der Waals surface area contributed by atoms with Crippen molar-refractivity contribution in [2.24, 2.45) is 5.10 Å². The van der Waals surface area contributed by atoms with Crippen LogP contribution in [0.5, 0.6) is 11.5 Å². The van der Waals surface area contributed by atoms with Crippen LogP contribution in [0.2, 0.25) is 0 Å². The smallest absolute Gasteiger partial charge is 0.225 e. The van der Waals surface area contributed by atoms with Crippen molar-refractivity contribution in [1.82, 2.24) is 9.97 Å². The lowest BCUT2D eigenvalue weighted by Crippen LogP contribution is -2.06. The maximum atomic E-state index is 10.1. The number of phenolic OH excluding ortho intramolecular Hbond substituents is 1. The zero-order valence-corrected chi connectivity index (χ0v) is 16.6. The number of benzene rings is 2. The Morgan fingerprint density at radius 3 is 2.69 bits per heavy atom. The summed E-state index contributed by atoms with van der Waals surface area (Å²) in [6.45, 7) is 5.17. The number of aromatic hydroxyl groups is 1. The number of phenols is 1. The molecular formula is C22H25N5O2. The summed E-state index contributed by atoms with van der Waals surface area (Å²) < 4.78 is 5.50. The zero-order valence-electron chi connectivity index (χ0n) is 16.6. The van der Waals surface area contributed by atoms with E-state index in [0.29, 0.717) is 36.2 Å². The molecule has 1 heterocycles. The van der Waals surface area contributed by atoms with Crippen LogP contribution in [0.4, 0.5) is 11.8 Å². The maximum absolute atomic E-state index is 10.1. The first kappa shape index (κ1) is 20.1. The van der Waals surface area contributed by atoms with Crippen molar-refractivity contribution in [3.63, 3.8) is 0 Å². The minimum atomic E-state index is 0.105. The number of ether oxygens (including phenoxy) is 1. The summed E-state index contributed by atoms with van der Waals surface area (Å²) in [7, 11) is 0. The highest BCUT2D eigenvalue weighted by Crippen LogP contribution is 2.22. The highest BCUT2D eigenvalue weighted by molar-refractivity contribution is 5.84. The Morgan fingerprint density at radius 2 is 1.93 bits per heavy atom. The Kier molecular flexibility index (Phi) is 7.00. The molecule has 7 nitrogen and oxygen atoms in total. The molecule has 0 atom stereocenters. The lowest BCUT2D eigenvalue weighted by atomic mass is 10.2. The quantitative estimate of drug-likeness (QED) is 0.371. The van der Waals surface area contributed by atoms with Gasteiger partial charge in [-0.15, -0.1) is 0 Å². The Labute approximate surface area is 170 Å². The number of aromatic nitrogens is 2. The van der Waals surface area contributed by atoms with E-state index < -0.39 is 0 Å². The molecule has 3 rings (SSSR count). The first-order valence-electron chi connectivity index (χ1n) is 9.52. The second kappa shape index (κ2) is 10.1. The van der Waals surface area contributed by atoms with E-state index in [1.54, 1.807) is 24.3 Å². The highest BCUT2D eigenvalue weighted by Gasteiger charge is 2.03. The zero-order chi connectivity index (χ0) is 20.5. The molecule has 3 aromatic rings. The van der Waals surface area contributed by atoms with Gasteiger partial charge in [-0.1, -0.05) is 37.3 Å². The number of hydrazone groups is 1. The van der Waals surface area contributed by atoms with Crippen LogP contribution in [0.1, 0.15) is 30.2 Å². The second-order valence-electron chi connectivity index (χ2n) is 6.50. The minimum Gasteiger partial charge on any atom is -0.507 e. The number of rotatable bonds is 9. The van der Waals surface area contributed by atoms with Crippen molar-refractivity contribution < 1.29 is 9.84 Å². The lowest BCUT2D eigenvalue weighted by molar-refractivity contribution is 0.315. The fourth-order valence-electron chi connectivity index (χ4n) is 2.59. The molecule has 2 aromatic carbocycles. The number of hydrogen-bond acceptors (Lipinski definition) is 7. The van der Waals surface area contributed by atoms with Gasteiger partial charge >= 0.3 is 0 Å². The van der Waals surface area contributed by atoms with Gasteiger partial charge in [-0.2, -0.15) is 10.1 Å². The summed E-state index contributed by atoms with van der Waals surface area (Å²) in [5.41, 5.74) is 5.42. The molecule has 7 heteroatoms. The van der Waals surface area contributed by atoms with Gasteiger partial charge in [0.15, 0.2) is 5.82 Å². The Balaban J connectivity index is 1.62. The lowest BCUT2D eigenvalue weighted by Gasteiger charge is -2.08. The average Bonchev–Trinajstić information content (AvgIpc) is 2.72. The van der Waals surface area contributed by atoms with E-state index in [1.807, 2.05) is 44.2 Å². The number of anilines is 2. The largest absolute Gasteiger partial charge is 0.507 e. The normalized spacial score (nSPS) is 10.8. The monoisotopic (exact) mass is 391 g/mol. The number of nitrogens with one attached hydrogen (secondary N) is 2. The minimum absolute atomic E-state index is 0.105. The standard InChI is InChI=1S/C22H25N5O2/c1-3-11-29-19-10-9-18(20(28)13-19)15-24-27-21-12-16(2)25-22(26-21)23-14-17-7-5-4-6-8-17/h4-10,12-13,15,28H,3,11,14H2,1-2H3,(H2,23,25,26,27)/b24-15+. The van der Waals surface area contributed by atoms with Gasteiger partial charge in [0.25, 0.3) is 0 Å². The van der Waals surface area contributed by atoms with Crippen LogP contribution >= 0.6 is 0 Å². The highest BCUT2D eigenvalue weighted by atomic mass is 16.5. The van der Waals surface area contributed by atoms with Crippen LogP contribution < -0.4 is 15.5 Å². The fourth-order valence-corrected chi connectivity index (χ4v) is 2.59. The van der Waals surface area contributed by atoms with Crippen LogP contribution in [0.3, 0.4) is 0 Å². The molecule has 3 N–H and O–H groups in total. The first-order chi connectivity index (χ1) is 14.1. The van der Waals surface area contributed by atoms with Gasteiger partial charge in [0.2, 0.25) is 5.95 Å². The van der Waals surface area contributed by atoms with Gasteiger partial charge in [0, 0.05) is 29.9 Å². The third-order valence-electron chi connectivity index (χ3n) is 4.01. The number of aryl methyl sites for hydroxylation is 1. The topological polar surface area (TPSA) is 91.7 Å². The van der Waals surface area contributed by atoms with E-state index in [-0.39, 0.29) is 5.75 Å². The van der Waals surface area contributed by atoms with Gasteiger partial charge in [0.05, 0.1) is 12.8 Å². The summed E-state index contributed by atoms with van der Waals surface area (Å²) in [5.74, 6) is 1.82. The Hall–Kier alpha value is -3.61. The molecule has 0 aliphatic carbocycles. The molecule has 0 saturated carbocycles. The van der Waals surface area contributed by atoms with Crippen LogP contribution in [-0.4, -0.2) is 27.9 Å². The second-order valence-corrected chi connectivity index (χ2v) is 6.50. The SMILES string of the molecule is CCCOc1ccc(/C=N/Nc2cc(C)nc(NCc3ccccc3)n2)c(O)c1. The molecule has 1 aromatic heterocycles. The van der Waals surface area contributed by atoms with E-state index in [1.165, 1.54) is 6.21 Å². The average molecular weight is 391 g/mol.